The second-order valence-corrected chi connectivity index (χ2v) is 3.62. The maximum absolute atomic E-state index is 11.5. The fourth-order valence-electron chi connectivity index (χ4n) is 1.37. The summed E-state index contributed by atoms with van der Waals surface area (Å²) in [6, 6.07) is 0. The first-order chi connectivity index (χ1) is 5.63. The van der Waals surface area contributed by atoms with E-state index in [0.29, 0.717) is 11.7 Å². The third-order valence-corrected chi connectivity index (χ3v) is 2.14. The van der Waals surface area contributed by atoms with Crippen molar-refractivity contribution >= 4 is 5.78 Å². The van der Waals surface area contributed by atoms with E-state index < -0.39 is 0 Å². The highest BCUT2D eigenvalue weighted by molar-refractivity contribution is 5.81. The predicted molar refractivity (Wildman–Crippen MR) is 52.2 cm³/mol. The Morgan fingerprint density at radius 1 is 1.42 bits per heavy atom. The molecule has 1 atom stereocenters. The van der Waals surface area contributed by atoms with Crippen molar-refractivity contribution in [1.29, 1.82) is 0 Å². The smallest absolute Gasteiger partial charge is 0.137 e. The third kappa shape index (κ3) is 3.86. The summed E-state index contributed by atoms with van der Waals surface area (Å²) in [4.78, 5) is 11.5. The van der Waals surface area contributed by atoms with Crippen LogP contribution < -0.4 is 5.32 Å². The van der Waals surface area contributed by atoms with Gasteiger partial charge in [0.15, 0.2) is 0 Å². The van der Waals surface area contributed by atoms with Crippen LogP contribution in [-0.4, -0.2) is 19.4 Å². The highest BCUT2D eigenvalue weighted by Crippen LogP contribution is 2.13. The number of Topliss-reactive ketones (excluding diaryl/α,β-unsaturated/α-hetero) is 1. The highest BCUT2D eigenvalue weighted by atomic mass is 16.1. The van der Waals surface area contributed by atoms with E-state index in [-0.39, 0.29) is 5.92 Å². The molecule has 0 aliphatic carbocycles. The van der Waals surface area contributed by atoms with Gasteiger partial charge in [-0.25, -0.2) is 0 Å². The van der Waals surface area contributed by atoms with Gasteiger partial charge in [-0.3, -0.25) is 4.79 Å². The Balaban J connectivity index is 4.00. The zero-order valence-electron chi connectivity index (χ0n) is 8.68. The van der Waals surface area contributed by atoms with E-state index in [1.807, 2.05) is 7.05 Å². The second kappa shape index (κ2) is 6.18. The standard InChI is InChI=1S/C10H21NO/c1-5-6-10(12)9(7-11-4)8(2)3/h8-9,11H,5-7H2,1-4H3. The van der Waals surface area contributed by atoms with Gasteiger partial charge in [0.2, 0.25) is 0 Å². The Bertz CT molecular complexity index is 132. The van der Waals surface area contributed by atoms with Crippen molar-refractivity contribution < 1.29 is 4.79 Å². The number of rotatable bonds is 6. The van der Waals surface area contributed by atoms with Gasteiger partial charge in [0.1, 0.15) is 5.78 Å². The maximum Gasteiger partial charge on any atom is 0.137 e. The molecule has 1 N–H and O–H groups in total. The van der Waals surface area contributed by atoms with Crippen molar-refractivity contribution in [2.24, 2.45) is 11.8 Å². The average Bonchev–Trinajstić information content (AvgIpc) is 1.99. The van der Waals surface area contributed by atoms with Crippen LogP contribution in [0.4, 0.5) is 0 Å². The van der Waals surface area contributed by atoms with Crippen LogP contribution >= 0.6 is 0 Å². The van der Waals surface area contributed by atoms with Gasteiger partial charge in [-0.1, -0.05) is 20.8 Å². The Hall–Kier alpha value is -0.370. The van der Waals surface area contributed by atoms with Crippen LogP contribution in [0, 0.1) is 11.8 Å². The van der Waals surface area contributed by atoms with Crippen LogP contribution in [0.2, 0.25) is 0 Å². The monoisotopic (exact) mass is 171 g/mol. The van der Waals surface area contributed by atoms with Crippen LogP contribution in [0.1, 0.15) is 33.6 Å². The van der Waals surface area contributed by atoms with E-state index in [1.165, 1.54) is 0 Å². The number of nitrogens with one attached hydrogen (secondary N) is 1. The summed E-state index contributed by atoms with van der Waals surface area (Å²) < 4.78 is 0. The molecule has 2 heteroatoms. The lowest BCUT2D eigenvalue weighted by atomic mass is 9.89. The van der Waals surface area contributed by atoms with Crippen molar-refractivity contribution in [2.45, 2.75) is 33.6 Å². The van der Waals surface area contributed by atoms with E-state index in [0.717, 1.165) is 19.4 Å². The molecule has 0 radical (unpaired) electrons. The summed E-state index contributed by atoms with van der Waals surface area (Å²) in [6.07, 6.45) is 1.69. The molecule has 0 spiro atoms. The van der Waals surface area contributed by atoms with Crippen molar-refractivity contribution in [1.82, 2.24) is 5.32 Å². The van der Waals surface area contributed by atoms with Crippen molar-refractivity contribution in [3.63, 3.8) is 0 Å². The number of carbonyl (C=O) groups excluding carboxylic acids is 1. The molecule has 0 saturated carbocycles. The fourth-order valence-corrected chi connectivity index (χ4v) is 1.37. The van der Waals surface area contributed by atoms with Crippen LogP contribution in [0.5, 0.6) is 0 Å². The van der Waals surface area contributed by atoms with Gasteiger partial charge in [-0.05, 0) is 19.4 Å². The lowest BCUT2D eigenvalue weighted by molar-refractivity contribution is -0.124. The molecule has 0 heterocycles. The minimum absolute atomic E-state index is 0.204. The molecule has 0 bridgehead atoms. The van der Waals surface area contributed by atoms with Gasteiger partial charge in [0.05, 0.1) is 0 Å². The van der Waals surface area contributed by atoms with Gasteiger partial charge in [-0.2, -0.15) is 0 Å². The first kappa shape index (κ1) is 11.6. The van der Waals surface area contributed by atoms with Gasteiger partial charge >= 0.3 is 0 Å². The molecule has 0 aliphatic rings. The van der Waals surface area contributed by atoms with Crippen molar-refractivity contribution in [3.05, 3.63) is 0 Å². The molecular weight excluding hydrogens is 150 g/mol. The molecule has 0 fully saturated rings. The van der Waals surface area contributed by atoms with Gasteiger partial charge in [0, 0.05) is 18.9 Å². The lowest BCUT2D eigenvalue weighted by Gasteiger charge is -2.18. The molecule has 2 nitrogen and oxygen atoms in total. The largest absolute Gasteiger partial charge is 0.319 e. The minimum atomic E-state index is 0.204. The average molecular weight is 171 g/mol. The summed E-state index contributed by atoms with van der Waals surface area (Å²) in [5.41, 5.74) is 0. The molecular formula is C10H21NO. The normalized spacial score (nSPS) is 13.4. The molecule has 0 rings (SSSR count). The Morgan fingerprint density at radius 2 is 2.00 bits per heavy atom. The van der Waals surface area contributed by atoms with Crippen molar-refractivity contribution in [2.75, 3.05) is 13.6 Å². The molecule has 0 amide bonds. The van der Waals surface area contributed by atoms with E-state index in [4.69, 9.17) is 0 Å². The summed E-state index contributed by atoms with van der Waals surface area (Å²) >= 11 is 0. The van der Waals surface area contributed by atoms with E-state index in [2.05, 4.69) is 26.1 Å². The van der Waals surface area contributed by atoms with Crippen LogP contribution in [-0.2, 0) is 4.79 Å². The molecule has 72 valence electrons. The molecule has 12 heavy (non-hydrogen) atoms. The fraction of sp³-hybridized carbons (Fsp3) is 0.900. The maximum atomic E-state index is 11.5. The molecule has 0 aromatic carbocycles. The Morgan fingerprint density at radius 3 is 2.33 bits per heavy atom. The van der Waals surface area contributed by atoms with Gasteiger partial charge in [-0.15, -0.1) is 0 Å². The lowest BCUT2D eigenvalue weighted by Crippen LogP contribution is -2.30. The Labute approximate surface area is 75.7 Å². The predicted octanol–water partition coefficient (Wildman–Crippen LogP) is 1.85. The third-order valence-electron chi connectivity index (χ3n) is 2.14. The topological polar surface area (TPSA) is 29.1 Å². The minimum Gasteiger partial charge on any atom is -0.319 e. The quantitative estimate of drug-likeness (QED) is 0.660. The van der Waals surface area contributed by atoms with Crippen LogP contribution in [0.3, 0.4) is 0 Å². The SMILES string of the molecule is CCCC(=O)C(CNC)C(C)C. The number of hydrogen-bond acceptors (Lipinski definition) is 2. The van der Waals surface area contributed by atoms with Crippen LogP contribution in [0.25, 0.3) is 0 Å². The summed E-state index contributed by atoms with van der Waals surface area (Å²) in [5.74, 6) is 1.06. The van der Waals surface area contributed by atoms with Gasteiger partial charge < -0.3 is 5.32 Å². The summed E-state index contributed by atoms with van der Waals surface area (Å²) in [5, 5.41) is 3.07. The molecule has 0 aromatic rings. The van der Waals surface area contributed by atoms with Gasteiger partial charge in [0.25, 0.3) is 0 Å². The Kier molecular flexibility index (Phi) is 5.99. The molecule has 1 unspecified atom stereocenters. The van der Waals surface area contributed by atoms with Crippen LogP contribution in [0.15, 0.2) is 0 Å². The van der Waals surface area contributed by atoms with E-state index in [1.54, 1.807) is 0 Å². The van der Waals surface area contributed by atoms with E-state index in [9.17, 15) is 4.79 Å². The molecule has 0 aromatic heterocycles. The number of ketones is 1. The summed E-state index contributed by atoms with van der Waals surface area (Å²) in [6.45, 7) is 7.08. The first-order valence-electron chi connectivity index (χ1n) is 4.80. The number of hydrogen-bond donors (Lipinski definition) is 1. The second-order valence-electron chi connectivity index (χ2n) is 3.62. The molecule has 0 saturated heterocycles. The van der Waals surface area contributed by atoms with E-state index >= 15 is 0 Å². The van der Waals surface area contributed by atoms with Crippen molar-refractivity contribution in [3.8, 4) is 0 Å². The zero-order valence-corrected chi connectivity index (χ0v) is 8.68. The first-order valence-corrected chi connectivity index (χ1v) is 4.80. The number of carbonyl (C=O) groups is 1. The summed E-state index contributed by atoms with van der Waals surface area (Å²) in [7, 11) is 1.90. The zero-order chi connectivity index (χ0) is 9.56. The molecule has 0 aliphatic heterocycles. The highest BCUT2D eigenvalue weighted by Gasteiger charge is 2.19.